The lowest BCUT2D eigenvalue weighted by Crippen LogP contribution is -2.63. The molecule has 1 saturated heterocycles. The maximum atomic E-state index is 12.1. The number of fused-ring (bicyclic) bond motifs is 1. The molecule has 0 aromatic heterocycles. The van der Waals surface area contributed by atoms with Crippen molar-refractivity contribution in [1.82, 2.24) is 4.90 Å². The highest BCUT2D eigenvalue weighted by molar-refractivity contribution is 6.00. The van der Waals surface area contributed by atoms with E-state index in [0.717, 1.165) is 0 Å². The number of nitrogens with zero attached hydrogens (tertiary/aromatic N) is 1. The Bertz CT molecular complexity index is 482. The Kier molecular flexibility index (Phi) is 3.96. The van der Waals surface area contributed by atoms with Crippen molar-refractivity contribution >= 4 is 11.9 Å². The number of rotatable bonds is 5. The van der Waals surface area contributed by atoms with Gasteiger partial charge < -0.3 is 19.8 Å². The number of carbonyl (C=O) groups excluding carboxylic acids is 2. The summed E-state index contributed by atoms with van der Waals surface area (Å²) in [5, 5.41) is 19.1. The van der Waals surface area contributed by atoms with Gasteiger partial charge in [-0.3, -0.25) is 4.79 Å². The number of ether oxygens (including phenoxy) is 1. The molecule has 2 heterocycles. The maximum Gasteiger partial charge on any atom is 0.355 e. The monoisotopic (exact) mass is 281 g/mol. The van der Waals surface area contributed by atoms with Gasteiger partial charge in [-0.2, -0.15) is 0 Å². The van der Waals surface area contributed by atoms with Crippen molar-refractivity contribution in [2.45, 2.75) is 26.0 Å². The molecular formula is C14H19NO5. The Labute approximate surface area is 117 Å². The van der Waals surface area contributed by atoms with E-state index in [1.165, 1.54) is 11.0 Å². The normalized spacial score (nSPS) is 29.9. The zero-order chi connectivity index (χ0) is 15.0. The molecule has 6 heteroatoms. The molecule has 4 atom stereocenters. The molecular weight excluding hydrogens is 262 g/mol. The molecule has 0 bridgehead atoms. The predicted octanol–water partition coefficient (Wildman–Crippen LogP) is -0.181. The molecule has 0 saturated carbocycles. The summed E-state index contributed by atoms with van der Waals surface area (Å²) in [7, 11) is 0. The third kappa shape index (κ3) is 1.96. The van der Waals surface area contributed by atoms with E-state index >= 15 is 0 Å². The van der Waals surface area contributed by atoms with Gasteiger partial charge in [0.25, 0.3) is 0 Å². The van der Waals surface area contributed by atoms with Gasteiger partial charge >= 0.3 is 5.97 Å². The second-order valence-electron chi connectivity index (χ2n) is 5.17. The van der Waals surface area contributed by atoms with Crippen LogP contribution in [0.25, 0.3) is 0 Å². The highest BCUT2D eigenvalue weighted by atomic mass is 16.5. The quantitative estimate of drug-likeness (QED) is 0.415. The fourth-order valence-corrected chi connectivity index (χ4v) is 3.05. The van der Waals surface area contributed by atoms with Gasteiger partial charge in [0.15, 0.2) is 0 Å². The first-order chi connectivity index (χ1) is 9.45. The molecule has 2 aliphatic rings. The lowest BCUT2D eigenvalue weighted by molar-refractivity contribution is -0.164. The number of amides is 1. The average molecular weight is 281 g/mol. The van der Waals surface area contributed by atoms with Crippen LogP contribution in [-0.2, 0) is 14.3 Å². The highest BCUT2D eigenvalue weighted by Gasteiger charge is 2.59. The second kappa shape index (κ2) is 5.38. The van der Waals surface area contributed by atoms with Crippen LogP contribution in [-0.4, -0.2) is 52.3 Å². The van der Waals surface area contributed by atoms with E-state index in [9.17, 15) is 19.8 Å². The number of esters is 1. The first kappa shape index (κ1) is 14.7. The number of β-lactam (4-membered cyclic amide) rings is 1. The third-order valence-electron chi connectivity index (χ3n) is 4.01. The molecule has 1 fully saturated rings. The van der Waals surface area contributed by atoms with E-state index in [2.05, 4.69) is 6.58 Å². The van der Waals surface area contributed by atoms with E-state index in [1.54, 1.807) is 6.92 Å². The van der Waals surface area contributed by atoms with Gasteiger partial charge in [-0.15, -0.1) is 0 Å². The standard InChI is InChI=1S/C14H19NO5/c1-4-5-20-14(19)12-9(6-16)7(2)11-10(8(3)17)13(18)15(11)12/h4,7-8,10-11,16-17H,1,5-6H2,2-3H3/t7-,8?,10+,11-/m0/s1. The Hall–Kier alpha value is -1.66. The summed E-state index contributed by atoms with van der Waals surface area (Å²) in [5.74, 6) is -1.65. The fourth-order valence-electron chi connectivity index (χ4n) is 3.05. The molecule has 2 N–H and O–H groups in total. The molecule has 2 aliphatic heterocycles. The molecule has 110 valence electrons. The van der Waals surface area contributed by atoms with E-state index in [4.69, 9.17) is 4.74 Å². The zero-order valence-electron chi connectivity index (χ0n) is 11.6. The van der Waals surface area contributed by atoms with Gasteiger partial charge in [0.2, 0.25) is 5.91 Å². The van der Waals surface area contributed by atoms with Crippen LogP contribution in [0.3, 0.4) is 0 Å². The van der Waals surface area contributed by atoms with Crippen molar-refractivity contribution in [3.8, 4) is 0 Å². The van der Waals surface area contributed by atoms with Crippen LogP contribution in [0, 0.1) is 11.8 Å². The van der Waals surface area contributed by atoms with Crippen LogP contribution in [0.15, 0.2) is 23.9 Å². The van der Waals surface area contributed by atoms with Crippen molar-refractivity contribution in [3.63, 3.8) is 0 Å². The Morgan fingerprint density at radius 2 is 2.25 bits per heavy atom. The van der Waals surface area contributed by atoms with Crippen LogP contribution in [0.5, 0.6) is 0 Å². The molecule has 6 nitrogen and oxygen atoms in total. The molecule has 1 amide bonds. The molecule has 2 rings (SSSR count). The second-order valence-corrected chi connectivity index (χ2v) is 5.17. The van der Waals surface area contributed by atoms with Gasteiger partial charge in [-0.05, 0) is 12.5 Å². The maximum absolute atomic E-state index is 12.1. The van der Waals surface area contributed by atoms with Crippen molar-refractivity contribution < 1.29 is 24.5 Å². The van der Waals surface area contributed by atoms with Gasteiger partial charge in [0, 0.05) is 5.92 Å². The lowest BCUT2D eigenvalue weighted by Gasteiger charge is -2.46. The van der Waals surface area contributed by atoms with Crippen LogP contribution in [0.2, 0.25) is 0 Å². The minimum atomic E-state index is -0.783. The summed E-state index contributed by atoms with van der Waals surface area (Å²) in [6, 6.07) is -0.282. The zero-order valence-corrected chi connectivity index (χ0v) is 11.6. The van der Waals surface area contributed by atoms with Crippen LogP contribution < -0.4 is 0 Å². The fraction of sp³-hybridized carbons (Fsp3) is 0.571. The van der Waals surface area contributed by atoms with Crippen molar-refractivity contribution in [3.05, 3.63) is 23.9 Å². The SMILES string of the molecule is C=CCOC(=O)C1=C(CO)[C@H](C)[C@H]2[C@@H](C(C)O)C(=O)N12. The van der Waals surface area contributed by atoms with E-state index in [0.29, 0.717) is 5.57 Å². The number of aliphatic hydroxyl groups is 2. The number of hydrogen-bond acceptors (Lipinski definition) is 5. The highest BCUT2D eigenvalue weighted by Crippen LogP contribution is 2.47. The van der Waals surface area contributed by atoms with E-state index in [1.807, 2.05) is 6.92 Å². The van der Waals surface area contributed by atoms with E-state index < -0.39 is 18.0 Å². The molecule has 20 heavy (non-hydrogen) atoms. The van der Waals surface area contributed by atoms with Crippen LogP contribution in [0.4, 0.5) is 0 Å². The Morgan fingerprint density at radius 3 is 2.75 bits per heavy atom. The minimum absolute atomic E-state index is 0.0436. The Morgan fingerprint density at radius 1 is 1.60 bits per heavy atom. The summed E-state index contributed by atoms with van der Waals surface area (Å²) < 4.78 is 4.97. The largest absolute Gasteiger partial charge is 0.457 e. The Balaban J connectivity index is 2.30. The van der Waals surface area contributed by atoms with Gasteiger partial charge in [-0.1, -0.05) is 19.6 Å². The van der Waals surface area contributed by atoms with Crippen molar-refractivity contribution in [2.75, 3.05) is 13.2 Å². The smallest absolute Gasteiger partial charge is 0.355 e. The number of aliphatic hydroxyl groups excluding tert-OH is 2. The molecule has 0 aromatic carbocycles. The van der Waals surface area contributed by atoms with E-state index in [-0.39, 0.29) is 36.8 Å². The molecule has 0 spiro atoms. The average Bonchev–Trinajstić information content (AvgIpc) is 2.64. The van der Waals surface area contributed by atoms with Crippen LogP contribution in [0.1, 0.15) is 13.8 Å². The molecule has 0 aliphatic carbocycles. The molecule has 0 aromatic rings. The summed E-state index contributed by atoms with van der Waals surface area (Å²) in [6.07, 6.45) is 0.651. The van der Waals surface area contributed by atoms with Crippen molar-refractivity contribution in [2.24, 2.45) is 11.8 Å². The summed E-state index contributed by atoms with van der Waals surface area (Å²) >= 11 is 0. The van der Waals surface area contributed by atoms with Crippen LogP contribution >= 0.6 is 0 Å². The molecule has 1 unspecified atom stereocenters. The third-order valence-corrected chi connectivity index (χ3v) is 4.01. The topological polar surface area (TPSA) is 87.1 Å². The summed E-state index contributed by atoms with van der Waals surface area (Å²) in [5.41, 5.74) is 0.606. The number of hydrogen-bond donors (Lipinski definition) is 2. The minimum Gasteiger partial charge on any atom is -0.457 e. The lowest BCUT2D eigenvalue weighted by atomic mass is 9.78. The van der Waals surface area contributed by atoms with Crippen molar-refractivity contribution in [1.29, 1.82) is 0 Å². The molecule has 0 radical (unpaired) electrons. The predicted molar refractivity (Wildman–Crippen MR) is 70.2 cm³/mol. The van der Waals surface area contributed by atoms with Gasteiger partial charge in [0.05, 0.1) is 24.7 Å². The summed E-state index contributed by atoms with van der Waals surface area (Å²) in [4.78, 5) is 25.5. The first-order valence-electron chi connectivity index (χ1n) is 6.58. The van der Waals surface area contributed by atoms with Gasteiger partial charge in [0.1, 0.15) is 12.3 Å². The van der Waals surface area contributed by atoms with Gasteiger partial charge in [-0.25, -0.2) is 4.79 Å². The first-order valence-corrected chi connectivity index (χ1v) is 6.58. The summed E-state index contributed by atoms with van der Waals surface area (Å²) in [6.45, 7) is 6.57. The number of carbonyl (C=O) groups is 2.